The molecule has 0 saturated carbocycles. The van der Waals surface area contributed by atoms with Gasteiger partial charge in [0.05, 0.1) is 29.5 Å². The number of methoxy groups -OCH3 is 1. The fraction of sp³-hybridized carbons (Fsp3) is 0.111. The van der Waals surface area contributed by atoms with Gasteiger partial charge in [0.15, 0.2) is 4.34 Å². The van der Waals surface area contributed by atoms with Crippen LogP contribution in [0.1, 0.15) is 0 Å². The van der Waals surface area contributed by atoms with Crippen LogP contribution >= 0.6 is 23.1 Å². The van der Waals surface area contributed by atoms with E-state index < -0.39 is 4.92 Å². The van der Waals surface area contributed by atoms with Gasteiger partial charge in [-0.1, -0.05) is 42.1 Å². The van der Waals surface area contributed by atoms with E-state index in [4.69, 9.17) is 4.74 Å². The van der Waals surface area contributed by atoms with Crippen molar-refractivity contribution in [3.8, 4) is 17.0 Å². The fourth-order valence-electron chi connectivity index (χ4n) is 2.27. The highest BCUT2D eigenvalue weighted by atomic mass is 32.2. The zero-order valence-electron chi connectivity index (χ0n) is 14.2. The minimum Gasteiger partial charge on any atom is -0.496 e. The molecule has 0 bridgehead atoms. The fourth-order valence-corrected chi connectivity index (χ4v) is 3.91. The topological polar surface area (TPSA) is 94.4 Å². The first-order chi connectivity index (χ1) is 13.1. The van der Waals surface area contributed by atoms with Gasteiger partial charge in [0.2, 0.25) is 5.91 Å². The van der Waals surface area contributed by atoms with Crippen LogP contribution in [0.5, 0.6) is 5.75 Å². The molecule has 0 aliphatic carbocycles. The maximum Gasteiger partial charge on any atom is 0.296 e. The van der Waals surface area contributed by atoms with Crippen molar-refractivity contribution in [2.45, 2.75) is 4.34 Å². The van der Waals surface area contributed by atoms with Crippen LogP contribution in [-0.2, 0) is 4.79 Å². The number of thiazole rings is 1. The molecule has 0 aliphatic heterocycles. The Morgan fingerprint density at radius 1 is 1.30 bits per heavy atom. The first kappa shape index (κ1) is 18.9. The van der Waals surface area contributed by atoms with Crippen molar-refractivity contribution in [3.05, 3.63) is 64.0 Å². The van der Waals surface area contributed by atoms with Crippen LogP contribution in [0.25, 0.3) is 11.3 Å². The Morgan fingerprint density at radius 3 is 2.78 bits per heavy atom. The van der Waals surface area contributed by atoms with Crippen LogP contribution in [0.3, 0.4) is 0 Å². The third-order valence-corrected chi connectivity index (χ3v) is 5.58. The second-order valence-electron chi connectivity index (χ2n) is 5.34. The van der Waals surface area contributed by atoms with Gasteiger partial charge in [0.1, 0.15) is 11.4 Å². The van der Waals surface area contributed by atoms with Gasteiger partial charge in [-0.3, -0.25) is 14.9 Å². The van der Waals surface area contributed by atoms with E-state index in [0.29, 0.717) is 5.75 Å². The molecular formula is C18H15N3O4S2. The van der Waals surface area contributed by atoms with Crippen molar-refractivity contribution in [1.29, 1.82) is 0 Å². The lowest BCUT2D eigenvalue weighted by atomic mass is 10.2. The summed E-state index contributed by atoms with van der Waals surface area (Å²) in [6.45, 7) is 0. The quantitative estimate of drug-likeness (QED) is 0.357. The van der Waals surface area contributed by atoms with E-state index in [1.54, 1.807) is 6.07 Å². The highest BCUT2D eigenvalue weighted by Crippen LogP contribution is 2.30. The highest BCUT2D eigenvalue weighted by Gasteiger charge is 2.17. The molecule has 138 valence electrons. The lowest BCUT2D eigenvalue weighted by Gasteiger charge is -2.07. The molecule has 0 aliphatic rings. The summed E-state index contributed by atoms with van der Waals surface area (Å²) in [6.07, 6.45) is 0. The number of nitro groups is 1. The lowest BCUT2D eigenvalue weighted by Crippen LogP contribution is -2.15. The third kappa shape index (κ3) is 4.83. The maximum absolute atomic E-state index is 12.2. The molecule has 2 aromatic carbocycles. The first-order valence-corrected chi connectivity index (χ1v) is 9.69. The highest BCUT2D eigenvalue weighted by molar-refractivity contribution is 8.01. The summed E-state index contributed by atoms with van der Waals surface area (Å²) in [5.41, 5.74) is 1.79. The Hall–Kier alpha value is -2.91. The van der Waals surface area contributed by atoms with Crippen LogP contribution in [-0.4, -0.2) is 28.7 Å². The van der Waals surface area contributed by atoms with Crippen molar-refractivity contribution in [1.82, 2.24) is 4.98 Å². The van der Waals surface area contributed by atoms with E-state index in [-0.39, 0.29) is 23.0 Å². The first-order valence-electron chi connectivity index (χ1n) is 7.83. The molecule has 0 saturated heterocycles. The van der Waals surface area contributed by atoms with E-state index in [0.717, 1.165) is 15.6 Å². The Morgan fingerprint density at radius 2 is 2.07 bits per heavy atom. The summed E-state index contributed by atoms with van der Waals surface area (Å²) in [5.74, 6) is 0.111. The average Bonchev–Trinajstić information content (AvgIpc) is 3.16. The molecule has 0 fully saturated rings. The molecule has 7 nitrogen and oxygen atoms in total. The Labute approximate surface area is 163 Å². The van der Waals surface area contributed by atoms with Gasteiger partial charge in [-0.2, -0.15) is 0 Å². The smallest absolute Gasteiger partial charge is 0.296 e. The number of carbonyl (C=O) groups excluding carboxylic acids is 1. The van der Waals surface area contributed by atoms with E-state index in [2.05, 4.69) is 10.3 Å². The summed E-state index contributed by atoms with van der Waals surface area (Å²) in [6, 6.07) is 14.1. The van der Waals surface area contributed by atoms with Gasteiger partial charge in [-0.25, -0.2) is 4.98 Å². The molecule has 0 spiro atoms. The molecule has 1 N–H and O–H groups in total. The Bertz CT molecular complexity index is 960. The predicted octanol–water partition coefficient (Wildman–Crippen LogP) is 4.46. The minimum absolute atomic E-state index is 0.102. The van der Waals surface area contributed by atoms with Gasteiger partial charge in [0, 0.05) is 10.9 Å². The zero-order valence-corrected chi connectivity index (χ0v) is 15.9. The van der Waals surface area contributed by atoms with Gasteiger partial charge in [-0.05, 0) is 12.1 Å². The van der Waals surface area contributed by atoms with E-state index in [1.165, 1.54) is 42.3 Å². The molecule has 1 heterocycles. The number of carbonyl (C=O) groups is 1. The van der Waals surface area contributed by atoms with Gasteiger partial charge in [-0.15, -0.1) is 11.3 Å². The Kier molecular flexibility index (Phi) is 6.05. The van der Waals surface area contributed by atoms with E-state index in [1.807, 2.05) is 35.7 Å². The van der Waals surface area contributed by atoms with Gasteiger partial charge >= 0.3 is 0 Å². The number of ether oxygens (including phenoxy) is 1. The SMILES string of the molecule is COc1ccc(NC(=O)CSc2nc(-c3ccccc3)cs2)c([N+](=O)[O-])c1. The lowest BCUT2D eigenvalue weighted by molar-refractivity contribution is -0.384. The van der Waals surface area contributed by atoms with Crippen molar-refractivity contribution in [2.75, 3.05) is 18.2 Å². The number of benzene rings is 2. The van der Waals surface area contributed by atoms with Crippen LogP contribution in [0.2, 0.25) is 0 Å². The van der Waals surface area contributed by atoms with Crippen molar-refractivity contribution in [3.63, 3.8) is 0 Å². The second kappa shape index (κ2) is 8.65. The molecule has 9 heteroatoms. The van der Waals surface area contributed by atoms with Gasteiger partial charge < -0.3 is 10.1 Å². The number of rotatable bonds is 7. The number of amides is 1. The molecule has 0 radical (unpaired) electrons. The zero-order chi connectivity index (χ0) is 19.2. The standard InChI is InChI=1S/C18H15N3O4S2/c1-25-13-7-8-14(16(9-13)21(23)24)19-17(22)11-27-18-20-15(10-26-18)12-5-3-2-4-6-12/h2-10H,11H2,1H3,(H,19,22). The van der Waals surface area contributed by atoms with Gasteiger partial charge in [0.25, 0.3) is 5.69 Å². The maximum atomic E-state index is 12.2. The summed E-state index contributed by atoms with van der Waals surface area (Å²) in [4.78, 5) is 27.3. The number of anilines is 1. The Balaban J connectivity index is 1.62. The summed E-state index contributed by atoms with van der Waals surface area (Å²) in [7, 11) is 1.42. The van der Waals surface area contributed by atoms with Crippen molar-refractivity contribution >= 4 is 40.4 Å². The molecule has 1 amide bonds. The summed E-state index contributed by atoms with van der Waals surface area (Å²) >= 11 is 2.74. The number of hydrogen-bond acceptors (Lipinski definition) is 7. The molecular weight excluding hydrogens is 386 g/mol. The largest absolute Gasteiger partial charge is 0.496 e. The molecule has 27 heavy (non-hydrogen) atoms. The predicted molar refractivity (Wildman–Crippen MR) is 107 cm³/mol. The molecule has 3 aromatic rings. The van der Waals surface area contributed by atoms with E-state index in [9.17, 15) is 14.9 Å². The van der Waals surface area contributed by atoms with Crippen molar-refractivity contribution in [2.24, 2.45) is 0 Å². The number of nitrogens with one attached hydrogen (secondary N) is 1. The average molecular weight is 401 g/mol. The third-order valence-electron chi connectivity index (χ3n) is 3.56. The van der Waals surface area contributed by atoms with Crippen LogP contribution in [0, 0.1) is 10.1 Å². The monoisotopic (exact) mass is 401 g/mol. The number of thioether (sulfide) groups is 1. The molecule has 1 aromatic heterocycles. The molecule has 3 rings (SSSR count). The van der Waals surface area contributed by atoms with Crippen LogP contribution < -0.4 is 10.1 Å². The number of nitro benzene ring substituents is 1. The molecule has 0 atom stereocenters. The van der Waals surface area contributed by atoms with Crippen LogP contribution in [0.15, 0.2) is 58.3 Å². The van der Waals surface area contributed by atoms with E-state index >= 15 is 0 Å². The summed E-state index contributed by atoms with van der Waals surface area (Å²) < 4.78 is 5.74. The number of nitrogens with zero attached hydrogens (tertiary/aromatic N) is 2. The second-order valence-corrected chi connectivity index (χ2v) is 7.42. The summed E-state index contributed by atoms with van der Waals surface area (Å²) in [5, 5.41) is 15.7. The minimum atomic E-state index is -0.557. The normalized spacial score (nSPS) is 10.4. The number of aromatic nitrogens is 1. The van der Waals surface area contributed by atoms with Crippen molar-refractivity contribution < 1.29 is 14.5 Å². The molecule has 0 unspecified atom stereocenters. The number of hydrogen-bond donors (Lipinski definition) is 1. The van der Waals surface area contributed by atoms with Crippen LogP contribution in [0.4, 0.5) is 11.4 Å².